The van der Waals surface area contributed by atoms with Crippen molar-refractivity contribution in [2.24, 2.45) is 0 Å². The first-order valence-electron chi connectivity index (χ1n) is 10.0. The van der Waals surface area contributed by atoms with Crippen LogP contribution in [0, 0.1) is 19.3 Å². The number of hydrogen-bond acceptors (Lipinski definition) is 3. The van der Waals surface area contributed by atoms with Gasteiger partial charge in [0.05, 0.1) is 6.54 Å². The normalized spacial score (nSPS) is 20.0. The van der Waals surface area contributed by atoms with Gasteiger partial charge in [0.1, 0.15) is 6.04 Å². The lowest BCUT2D eigenvalue weighted by Crippen LogP contribution is -2.50. The molecule has 28 heavy (non-hydrogen) atoms. The molecule has 1 atom stereocenters. The molecule has 0 aliphatic carbocycles. The van der Waals surface area contributed by atoms with Crippen molar-refractivity contribution in [2.45, 2.75) is 25.9 Å². The van der Waals surface area contributed by atoms with Crippen LogP contribution >= 0.6 is 0 Å². The first-order valence-corrected chi connectivity index (χ1v) is 10.0. The fourth-order valence-electron chi connectivity index (χ4n) is 4.15. The Bertz CT molecular complexity index is 875. The fourth-order valence-corrected chi connectivity index (χ4v) is 4.15. The molecule has 0 N–H and O–H groups in total. The predicted octanol–water partition coefficient (Wildman–Crippen LogP) is 2.70. The van der Waals surface area contributed by atoms with Crippen LogP contribution in [0.4, 0.5) is 5.69 Å². The first-order chi connectivity index (χ1) is 13.6. The van der Waals surface area contributed by atoms with E-state index in [-0.39, 0.29) is 11.9 Å². The standard InChI is InChI=1S/C24H27N3O/c1-3-22-16-21-6-4-5-7-23(21)27(22)24(28)18-26-14-12-25(13-15-26)17-20-10-8-19(2)9-11-20/h1,4-11,22H,12-18H2,2H3/t22-/m0/s1. The van der Waals surface area contributed by atoms with Crippen LogP contribution in [0.1, 0.15) is 16.7 Å². The number of fused-ring (bicyclic) bond motifs is 1. The molecule has 0 spiro atoms. The zero-order valence-electron chi connectivity index (χ0n) is 16.5. The summed E-state index contributed by atoms with van der Waals surface area (Å²) in [4.78, 5) is 19.6. The number of nitrogens with zero attached hydrogens (tertiary/aromatic N) is 3. The Morgan fingerprint density at radius 3 is 2.43 bits per heavy atom. The predicted molar refractivity (Wildman–Crippen MR) is 113 cm³/mol. The van der Waals surface area contributed by atoms with Crippen molar-refractivity contribution in [3.8, 4) is 12.3 Å². The SMILES string of the molecule is C#C[C@H]1Cc2ccccc2N1C(=O)CN1CCN(Cc2ccc(C)cc2)CC1. The summed E-state index contributed by atoms with van der Waals surface area (Å²) in [5.74, 6) is 2.91. The van der Waals surface area contributed by atoms with Gasteiger partial charge in [0.25, 0.3) is 0 Å². The van der Waals surface area contributed by atoms with Crippen LogP contribution in [0.2, 0.25) is 0 Å². The minimum atomic E-state index is -0.160. The lowest BCUT2D eigenvalue weighted by molar-refractivity contribution is -0.120. The highest BCUT2D eigenvalue weighted by Crippen LogP contribution is 2.31. The number of anilines is 1. The molecule has 4 heteroatoms. The second-order valence-electron chi connectivity index (χ2n) is 7.82. The maximum Gasteiger partial charge on any atom is 0.242 e. The summed E-state index contributed by atoms with van der Waals surface area (Å²) in [6.07, 6.45) is 6.46. The fraction of sp³-hybridized carbons (Fsp3) is 0.375. The minimum Gasteiger partial charge on any atom is -0.297 e. The Labute approximate surface area is 167 Å². The monoisotopic (exact) mass is 373 g/mol. The van der Waals surface area contributed by atoms with Gasteiger partial charge >= 0.3 is 0 Å². The molecule has 0 bridgehead atoms. The maximum atomic E-state index is 13.0. The van der Waals surface area contributed by atoms with Gasteiger partial charge in [-0.15, -0.1) is 6.42 Å². The Kier molecular flexibility index (Phi) is 5.47. The largest absolute Gasteiger partial charge is 0.297 e. The van der Waals surface area contributed by atoms with Crippen molar-refractivity contribution in [3.63, 3.8) is 0 Å². The number of terminal acetylenes is 1. The van der Waals surface area contributed by atoms with E-state index in [4.69, 9.17) is 6.42 Å². The molecule has 144 valence electrons. The molecule has 0 aromatic heterocycles. The molecule has 2 aromatic rings. The second-order valence-corrected chi connectivity index (χ2v) is 7.82. The van der Waals surface area contributed by atoms with Crippen LogP contribution in [0.15, 0.2) is 48.5 Å². The van der Waals surface area contributed by atoms with E-state index in [1.165, 1.54) is 16.7 Å². The van der Waals surface area contributed by atoms with Gasteiger partial charge in [0.2, 0.25) is 5.91 Å². The van der Waals surface area contributed by atoms with Crippen LogP contribution < -0.4 is 4.90 Å². The van der Waals surface area contributed by atoms with Crippen LogP contribution in [0.5, 0.6) is 0 Å². The first kappa shape index (κ1) is 18.7. The molecule has 4 rings (SSSR count). The third-order valence-corrected chi connectivity index (χ3v) is 5.79. The van der Waals surface area contributed by atoms with Crippen molar-refractivity contribution in [1.29, 1.82) is 0 Å². The van der Waals surface area contributed by atoms with Crippen LogP contribution in [0.25, 0.3) is 0 Å². The van der Waals surface area contributed by atoms with Gasteiger partial charge in [0, 0.05) is 44.8 Å². The number of rotatable bonds is 4. The minimum absolute atomic E-state index is 0.111. The molecule has 1 fully saturated rings. The average Bonchev–Trinajstić information content (AvgIpc) is 3.10. The Balaban J connectivity index is 1.33. The summed E-state index contributed by atoms with van der Waals surface area (Å²) in [5, 5.41) is 0. The van der Waals surface area contributed by atoms with E-state index < -0.39 is 0 Å². The Morgan fingerprint density at radius 1 is 1.04 bits per heavy atom. The highest BCUT2D eigenvalue weighted by atomic mass is 16.2. The van der Waals surface area contributed by atoms with E-state index in [0.717, 1.165) is 44.8 Å². The summed E-state index contributed by atoms with van der Waals surface area (Å²) in [7, 11) is 0. The van der Waals surface area contributed by atoms with Gasteiger partial charge in [-0.05, 0) is 24.1 Å². The molecule has 0 unspecified atom stereocenters. The van der Waals surface area contributed by atoms with Crippen molar-refractivity contribution in [1.82, 2.24) is 9.80 Å². The van der Waals surface area contributed by atoms with Gasteiger partial charge in [-0.25, -0.2) is 0 Å². The molecule has 2 aliphatic rings. The molecule has 2 heterocycles. The van der Waals surface area contributed by atoms with E-state index >= 15 is 0 Å². The summed E-state index contributed by atoms with van der Waals surface area (Å²) in [6, 6.07) is 16.6. The number of para-hydroxylation sites is 1. The highest BCUT2D eigenvalue weighted by Gasteiger charge is 2.33. The molecule has 4 nitrogen and oxygen atoms in total. The summed E-state index contributed by atoms with van der Waals surface area (Å²) in [5.41, 5.74) is 4.79. The number of hydrogen-bond donors (Lipinski definition) is 0. The van der Waals surface area contributed by atoms with Crippen molar-refractivity contribution < 1.29 is 4.79 Å². The van der Waals surface area contributed by atoms with Gasteiger partial charge in [-0.1, -0.05) is 53.9 Å². The zero-order chi connectivity index (χ0) is 19.5. The quantitative estimate of drug-likeness (QED) is 0.771. The number of amides is 1. The number of benzene rings is 2. The van der Waals surface area contributed by atoms with E-state index in [9.17, 15) is 4.79 Å². The molecule has 0 radical (unpaired) electrons. The van der Waals surface area contributed by atoms with Crippen LogP contribution in [0.3, 0.4) is 0 Å². The summed E-state index contributed by atoms with van der Waals surface area (Å²) >= 11 is 0. The van der Waals surface area contributed by atoms with Crippen LogP contribution in [-0.4, -0.2) is 54.5 Å². The van der Waals surface area contributed by atoms with E-state index in [1.807, 2.05) is 23.1 Å². The van der Waals surface area contributed by atoms with Crippen LogP contribution in [-0.2, 0) is 17.8 Å². The number of piperazine rings is 1. The van der Waals surface area contributed by atoms with E-state index in [1.54, 1.807) is 0 Å². The zero-order valence-corrected chi connectivity index (χ0v) is 16.5. The van der Waals surface area contributed by atoms with Gasteiger partial charge in [0.15, 0.2) is 0 Å². The van der Waals surface area contributed by atoms with E-state index in [2.05, 4.69) is 53.0 Å². The van der Waals surface area contributed by atoms with Gasteiger partial charge in [-0.3, -0.25) is 19.5 Å². The lowest BCUT2D eigenvalue weighted by Gasteiger charge is -2.35. The third-order valence-electron chi connectivity index (χ3n) is 5.79. The molecular weight excluding hydrogens is 346 g/mol. The van der Waals surface area contributed by atoms with Gasteiger partial charge in [-0.2, -0.15) is 0 Å². The summed E-state index contributed by atoms with van der Waals surface area (Å²) < 4.78 is 0. The van der Waals surface area contributed by atoms with E-state index in [0.29, 0.717) is 6.54 Å². The molecule has 2 aromatic carbocycles. The molecular formula is C24H27N3O. The Hall–Kier alpha value is -2.61. The summed E-state index contributed by atoms with van der Waals surface area (Å²) in [6.45, 7) is 7.31. The third kappa shape index (κ3) is 3.96. The molecule has 1 amide bonds. The second kappa shape index (κ2) is 8.18. The van der Waals surface area contributed by atoms with Gasteiger partial charge < -0.3 is 0 Å². The van der Waals surface area contributed by atoms with Crippen molar-refractivity contribution in [2.75, 3.05) is 37.6 Å². The Morgan fingerprint density at radius 2 is 1.71 bits per heavy atom. The van der Waals surface area contributed by atoms with Crippen molar-refractivity contribution in [3.05, 3.63) is 65.2 Å². The maximum absolute atomic E-state index is 13.0. The number of carbonyl (C=O) groups is 1. The molecule has 1 saturated heterocycles. The number of carbonyl (C=O) groups excluding carboxylic acids is 1. The van der Waals surface area contributed by atoms with Crippen molar-refractivity contribution >= 4 is 11.6 Å². The number of aryl methyl sites for hydroxylation is 1. The average molecular weight is 374 g/mol. The lowest BCUT2D eigenvalue weighted by atomic mass is 10.1. The molecule has 2 aliphatic heterocycles. The topological polar surface area (TPSA) is 26.8 Å². The smallest absolute Gasteiger partial charge is 0.242 e. The highest BCUT2D eigenvalue weighted by molar-refractivity contribution is 5.98. The molecule has 0 saturated carbocycles.